The number of aliphatic hydroxyl groups is 1. The molecule has 0 aromatic rings. The minimum atomic E-state index is -1.03. The van der Waals surface area contributed by atoms with Gasteiger partial charge in [0.15, 0.2) is 12.2 Å². The number of esters is 3. The summed E-state index contributed by atoms with van der Waals surface area (Å²) in [5, 5.41) is 10.2. The fourth-order valence-electron chi connectivity index (χ4n) is 2.93. The first-order chi connectivity index (χ1) is 13.9. The molecule has 1 saturated heterocycles. The Labute approximate surface area is 173 Å². The molecule has 168 valence electrons. The molecule has 0 saturated carbocycles. The second-order valence-corrected chi connectivity index (χ2v) is 7.34. The van der Waals surface area contributed by atoms with Gasteiger partial charge >= 0.3 is 17.9 Å². The van der Waals surface area contributed by atoms with Crippen molar-refractivity contribution in [3.05, 3.63) is 0 Å². The first-order valence-corrected chi connectivity index (χ1v) is 10.8. The van der Waals surface area contributed by atoms with Gasteiger partial charge in [-0.1, -0.05) is 40.0 Å². The molecule has 0 bridgehead atoms. The molecule has 4 atom stereocenters. The van der Waals surface area contributed by atoms with Crippen LogP contribution in [0.4, 0.5) is 0 Å². The zero-order valence-corrected chi connectivity index (χ0v) is 17.9. The standard InChI is InChI=1S/C21H36O8/c1-4-7-10-17(23)26-14-16(28-18(24)11-8-5-2)21-20(15(22)13-27-21)29-19(25)12-9-6-3/h15-16,20-22H,4-14H2,1-3H3/t15-,16+,20?,21+/m0/s1. The second kappa shape index (κ2) is 14.3. The van der Waals surface area contributed by atoms with E-state index in [0.717, 1.165) is 19.3 Å². The van der Waals surface area contributed by atoms with Crippen molar-refractivity contribution in [2.45, 2.75) is 103 Å². The molecule has 0 amide bonds. The van der Waals surface area contributed by atoms with E-state index in [4.69, 9.17) is 18.9 Å². The summed E-state index contributed by atoms with van der Waals surface area (Å²) in [5.41, 5.74) is 0. The number of aliphatic hydroxyl groups excluding tert-OH is 1. The number of carbonyl (C=O) groups is 3. The van der Waals surface area contributed by atoms with E-state index in [1.807, 2.05) is 20.8 Å². The summed E-state index contributed by atoms with van der Waals surface area (Å²) < 4.78 is 21.7. The maximum absolute atomic E-state index is 12.1. The predicted molar refractivity (Wildman–Crippen MR) is 105 cm³/mol. The summed E-state index contributed by atoms with van der Waals surface area (Å²) in [6.07, 6.45) is 1.48. The molecule has 0 aromatic heterocycles. The number of hydrogen-bond donors (Lipinski definition) is 1. The van der Waals surface area contributed by atoms with Crippen LogP contribution in [0.1, 0.15) is 78.6 Å². The number of carbonyl (C=O) groups excluding carboxylic acids is 3. The third-order valence-corrected chi connectivity index (χ3v) is 4.69. The Hall–Kier alpha value is -1.67. The Morgan fingerprint density at radius 2 is 1.48 bits per heavy atom. The fourth-order valence-corrected chi connectivity index (χ4v) is 2.93. The fraction of sp³-hybridized carbons (Fsp3) is 0.857. The highest BCUT2D eigenvalue weighted by Gasteiger charge is 2.45. The van der Waals surface area contributed by atoms with E-state index in [0.29, 0.717) is 19.3 Å². The maximum atomic E-state index is 12.1. The van der Waals surface area contributed by atoms with Gasteiger partial charge in [-0.25, -0.2) is 0 Å². The van der Waals surface area contributed by atoms with Crippen LogP contribution in [0, 0.1) is 0 Å². The average Bonchev–Trinajstić information content (AvgIpc) is 3.06. The Kier molecular flexibility index (Phi) is 12.5. The lowest BCUT2D eigenvalue weighted by Crippen LogP contribution is -2.46. The third-order valence-electron chi connectivity index (χ3n) is 4.69. The Balaban J connectivity index is 2.79. The van der Waals surface area contributed by atoms with Crippen LogP contribution in [0.5, 0.6) is 0 Å². The van der Waals surface area contributed by atoms with Crippen molar-refractivity contribution in [1.82, 2.24) is 0 Å². The highest BCUT2D eigenvalue weighted by Crippen LogP contribution is 2.24. The third kappa shape index (κ3) is 9.58. The van der Waals surface area contributed by atoms with Crippen molar-refractivity contribution in [2.75, 3.05) is 13.2 Å². The first kappa shape index (κ1) is 25.4. The molecule has 0 aromatic carbocycles. The molecule has 8 nitrogen and oxygen atoms in total. The van der Waals surface area contributed by atoms with Gasteiger partial charge in [0.25, 0.3) is 0 Å². The number of ether oxygens (including phenoxy) is 4. The zero-order chi connectivity index (χ0) is 21.6. The summed E-state index contributed by atoms with van der Waals surface area (Å²) in [5.74, 6) is -1.28. The van der Waals surface area contributed by atoms with E-state index in [2.05, 4.69) is 0 Å². The second-order valence-electron chi connectivity index (χ2n) is 7.34. The minimum absolute atomic E-state index is 0.0524. The van der Waals surface area contributed by atoms with Gasteiger partial charge in [-0.15, -0.1) is 0 Å². The summed E-state index contributed by atoms with van der Waals surface area (Å²) >= 11 is 0. The summed E-state index contributed by atoms with van der Waals surface area (Å²) in [6, 6.07) is 0. The minimum Gasteiger partial charge on any atom is -0.462 e. The Morgan fingerprint density at radius 1 is 0.931 bits per heavy atom. The lowest BCUT2D eigenvalue weighted by molar-refractivity contribution is -0.177. The van der Waals surface area contributed by atoms with Crippen LogP contribution < -0.4 is 0 Å². The van der Waals surface area contributed by atoms with Gasteiger partial charge in [0.05, 0.1) is 6.61 Å². The van der Waals surface area contributed by atoms with Crippen molar-refractivity contribution in [3.63, 3.8) is 0 Å². The molecule has 0 aliphatic carbocycles. The number of unbranched alkanes of at least 4 members (excludes halogenated alkanes) is 3. The lowest BCUT2D eigenvalue weighted by atomic mass is 10.1. The van der Waals surface area contributed by atoms with Gasteiger partial charge in [0.1, 0.15) is 18.8 Å². The van der Waals surface area contributed by atoms with Crippen molar-refractivity contribution >= 4 is 17.9 Å². The smallest absolute Gasteiger partial charge is 0.306 e. The van der Waals surface area contributed by atoms with E-state index in [1.165, 1.54) is 0 Å². The number of hydrogen-bond acceptors (Lipinski definition) is 8. The molecule has 0 spiro atoms. The zero-order valence-electron chi connectivity index (χ0n) is 17.9. The van der Waals surface area contributed by atoms with Gasteiger partial charge in [-0.3, -0.25) is 14.4 Å². The van der Waals surface area contributed by atoms with E-state index in [9.17, 15) is 19.5 Å². The van der Waals surface area contributed by atoms with Crippen LogP contribution in [0.25, 0.3) is 0 Å². The van der Waals surface area contributed by atoms with Crippen LogP contribution in [0.2, 0.25) is 0 Å². The van der Waals surface area contributed by atoms with Gasteiger partial charge < -0.3 is 24.1 Å². The van der Waals surface area contributed by atoms with Crippen LogP contribution in [0.3, 0.4) is 0 Å². The van der Waals surface area contributed by atoms with Crippen LogP contribution in [0.15, 0.2) is 0 Å². The topological polar surface area (TPSA) is 108 Å². The molecule has 1 heterocycles. The normalized spacial score (nSPS) is 22.1. The molecule has 8 heteroatoms. The lowest BCUT2D eigenvalue weighted by Gasteiger charge is -2.28. The highest BCUT2D eigenvalue weighted by molar-refractivity contribution is 5.71. The molecule has 0 radical (unpaired) electrons. The quantitative estimate of drug-likeness (QED) is 0.340. The molecular formula is C21H36O8. The average molecular weight is 417 g/mol. The molecule has 1 unspecified atom stereocenters. The largest absolute Gasteiger partial charge is 0.462 e. The van der Waals surface area contributed by atoms with Crippen LogP contribution in [-0.4, -0.2) is 60.6 Å². The highest BCUT2D eigenvalue weighted by atomic mass is 16.6. The van der Waals surface area contributed by atoms with E-state index >= 15 is 0 Å². The van der Waals surface area contributed by atoms with Gasteiger partial charge in [0.2, 0.25) is 0 Å². The van der Waals surface area contributed by atoms with E-state index in [-0.39, 0.29) is 32.5 Å². The van der Waals surface area contributed by atoms with Crippen molar-refractivity contribution < 1.29 is 38.4 Å². The molecule has 1 fully saturated rings. The summed E-state index contributed by atoms with van der Waals surface area (Å²) in [4.78, 5) is 36.1. The first-order valence-electron chi connectivity index (χ1n) is 10.8. The molecular weight excluding hydrogens is 380 g/mol. The maximum Gasteiger partial charge on any atom is 0.306 e. The predicted octanol–water partition coefficient (Wildman–Crippen LogP) is 2.68. The monoisotopic (exact) mass is 416 g/mol. The summed E-state index contributed by atoms with van der Waals surface area (Å²) in [6.45, 7) is 5.63. The molecule has 1 aliphatic heterocycles. The van der Waals surface area contributed by atoms with Crippen LogP contribution >= 0.6 is 0 Å². The molecule has 1 N–H and O–H groups in total. The van der Waals surface area contributed by atoms with E-state index < -0.39 is 42.3 Å². The van der Waals surface area contributed by atoms with E-state index in [1.54, 1.807) is 0 Å². The molecule has 1 rings (SSSR count). The SMILES string of the molecule is CCCCC(=O)OC[C@@H](OC(=O)CCCC)[C@H]1OC[C@H](O)C1OC(=O)CCCC. The number of rotatable bonds is 14. The van der Waals surface area contributed by atoms with Crippen molar-refractivity contribution in [2.24, 2.45) is 0 Å². The Morgan fingerprint density at radius 3 is 2.07 bits per heavy atom. The van der Waals surface area contributed by atoms with Crippen molar-refractivity contribution in [1.29, 1.82) is 0 Å². The Bertz CT molecular complexity index is 507. The molecule has 29 heavy (non-hydrogen) atoms. The van der Waals surface area contributed by atoms with Gasteiger partial charge in [-0.05, 0) is 19.3 Å². The molecule has 1 aliphatic rings. The van der Waals surface area contributed by atoms with Crippen molar-refractivity contribution in [3.8, 4) is 0 Å². The van der Waals surface area contributed by atoms with Gasteiger partial charge in [0, 0.05) is 19.3 Å². The van der Waals surface area contributed by atoms with Crippen LogP contribution in [-0.2, 0) is 33.3 Å². The summed E-state index contributed by atoms with van der Waals surface area (Å²) in [7, 11) is 0. The van der Waals surface area contributed by atoms with Gasteiger partial charge in [-0.2, -0.15) is 0 Å².